The summed E-state index contributed by atoms with van der Waals surface area (Å²) in [5, 5.41) is 15.5. The minimum Gasteiger partial charge on any atom is -0.373 e. The molecule has 0 radical (unpaired) electrons. The summed E-state index contributed by atoms with van der Waals surface area (Å²) in [5.41, 5.74) is 1.47. The third kappa shape index (κ3) is 3.54. The lowest BCUT2D eigenvalue weighted by molar-refractivity contribution is 0.689. The number of aryl methyl sites for hydroxylation is 1. The second-order valence-corrected chi connectivity index (χ2v) is 5.91. The van der Waals surface area contributed by atoms with E-state index in [9.17, 15) is 0 Å². The Bertz CT molecular complexity index is 753. The standard InChI is InChI=1S/C17H21N7/c1-12-6-13(9-18)23-16(7-12)20-10-14-4-3-5-24(14)17-8-15(19-2)21-11-22-17/h6-8,11,14H,3-5,10H2,1-2H3,(H,20,23)(H,19,21,22). The lowest BCUT2D eigenvalue weighted by atomic mass is 10.2. The van der Waals surface area contributed by atoms with Gasteiger partial charge in [0.1, 0.15) is 35.5 Å². The quantitative estimate of drug-likeness (QED) is 0.871. The van der Waals surface area contributed by atoms with E-state index in [1.807, 2.05) is 26.1 Å². The van der Waals surface area contributed by atoms with Crippen LogP contribution in [0, 0.1) is 18.3 Å². The Kier molecular flexibility index (Phi) is 4.75. The van der Waals surface area contributed by atoms with Crippen LogP contribution in [-0.4, -0.2) is 41.1 Å². The maximum Gasteiger partial charge on any atom is 0.143 e. The van der Waals surface area contributed by atoms with Crippen molar-refractivity contribution in [2.75, 3.05) is 35.7 Å². The van der Waals surface area contributed by atoms with Crippen molar-refractivity contribution >= 4 is 17.5 Å². The van der Waals surface area contributed by atoms with E-state index in [-0.39, 0.29) is 0 Å². The monoisotopic (exact) mass is 323 g/mol. The highest BCUT2D eigenvalue weighted by molar-refractivity contribution is 5.50. The molecule has 2 aromatic heterocycles. The van der Waals surface area contributed by atoms with Crippen LogP contribution in [-0.2, 0) is 0 Å². The predicted molar refractivity (Wildman–Crippen MR) is 94.1 cm³/mol. The predicted octanol–water partition coefficient (Wildman–Crippen LogP) is 2.17. The molecule has 1 fully saturated rings. The zero-order valence-corrected chi connectivity index (χ0v) is 14.0. The number of nitrogens with one attached hydrogen (secondary N) is 2. The van der Waals surface area contributed by atoms with Gasteiger partial charge in [-0.15, -0.1) is 0 Å². The maximum absolute atomic E-state index is 9.04. The van der Waals surface area contributed by atoms with Gasteiger partial charge in [0.2, 0.25) is 0 Å². The van der Waals surface area contributed by atoms with Gasteiger partial charge >= 0.3 is 0 Å². The fraction of sp³-hybridized carbons (Fsp3) is 0.412. The van der Waals surface area contributed by atoms with E-state index in [2.05, 4.69) is 36.6 Å². The van der Waals surface area contributed by atoms with Crippen LogP contribution in [0.1, 0.15) is 24.1 Å². The number of nitrogens with zero attached hydrogens (tertiary/aromatic N) is 5. The Morgan fingerprint density at radius 3 is 2.96 bits per heavy atom. The third-order valence-electron chi connectivity index (χ3n) is 4.18. The molecule has 1 saturated heterocycles. The Balaban J connectivity index is 1.70. The van der Waals surface area contributed by atoms with Gasteiger partial charge in [-0.3, -0.25) is 0 Å². The maximum atomic E-state index is 9.04. The van der Waals surface area contributed by atoms with Crippen molar-refractivity contribution in [2.24, 2.45) is 0 Å². The summed E-state index contributed by atoms with van der Waals surface area (Å²) in [4.78, 5) is 15.2. The van der Waals surface area contributed by atoms with Crippen LogP contribution in [0.15, 0.2) is 24.5 Å². The molecular weight excluding hydrogens is 302 g/mol. The van der Waals surface area contributed by atoms with Crippen molar-refractivity contribution in [1.29, 1.82) is 5.26 Å². The molecule has 3 rings (SSSR count). The highest BCUT2D eigenvalue weighted by Crippen LogP contribution is 2.25. The topological polar surface area (TPSA) is 89.8 Å². The summed E-state index contributed by atoms with van der Waals surface area (Å²) in [6.45, 7) is 3.72. The van der Waals surface area contributed by atoms with Crippen LogP contribution < -0.4 is 15.5 Å². The molecule has 1 atom stereocenters. The van der Waals surface area contributed by atoms with E-state index < -0.39 is 0 Å². The van der Waals surface area contributed by atoms with Gasteiger partial charge in [-0.1, -0.05) is 0 Å². The molecule has 3 heterocycles. The molecule has 0 saturated carbocycles. The van der Waals surface area contributed by atoms with Gasteiger partial charge < -0.3 is 15.5 Å². The molecule has 0 bridgehead atoms. The minimum atomic E-state index is 0.345. The molecule has 1 aliphatic rings. The average molecular weight is 323 g/mol. The summed E-state index contributed by atoms with van der Waals surface area (Å²) in [6, 6.07) is 8.16. The van der Waals surface area contributed by atoms with Crippen molar-refractivity contribution in [1.82, 2.24) is 15.0 Å². The highest BCUT2D eigenvalue weighted by atomic mass is 15.3. The number of hydrogen-bond donors (Lipinski definition) is 2. The Morgan fingerprint density at radius 2 is 2.17 bits per heavy atom. The summed E-state index contributed by atoms with van der Waals surface area (Å²) in [6.07, 6.45) is 3.82. The van der Waals surface area contributed by atoms with Gasteiger partial charge in [0.25, 0.3) is 0 Å². The summed E-state index contributed by atoms with van der Waals surface area (Å²) < 4.78 is 0. The first kappa shape index (κ1) is 16.0. The van der Waals surface area contributed by atoms with Crippen molar-refractivity contribution in [3.05, 3.63) is 35.8 Å². The van der Waals surface area contributed by atoms with Gasteiger partial charge in [0, 0.05) is 32.2 Å². The van der Waals surface area contributed by atoms with Gasteiger partial charge in [0.05, 0.1) is 0 Å². The van der Waals surface area contributed by atoms with Crippen LogP contribution in [0.3, 0.4) is 0 Å². The van der Waals surface area contributed by atoms with Crippen LogP contribution in [0.5, 0.6) is 0 Å². The Hall–Kier alpha value is -2.88. The Morgan fingerprint density at radius 1 is 1.29 bits per heavy atom. The lowest BCUT2D eigenvalue weighted by Crippen LogP contribution is -2.35. The van der Waals surface area contributed by atoms with Crippen LogP contribution in [0.25, 0.3) is 0 Å². The van der Waals surface area contributed by atoms with Crippen LogP contribution >= 0.6 is 0 Å². The first-order valence-corrected chi connectivity index (χ1v) is 8.08. The third-order valence-corrected chi connectivity index (χ3v) is 4.18. The number of hydrogen-bond acceptors (Lipinski definition) is 7. The fourth-order valence-corrected chi connectivity index (χ4v) is 3.03. The Labute approximate surface area is 141 Å². The number of anilines is 3. The van der Waals surface area contributed by atoms with Gasteiger partial charge in [-0.05, 0) is 37.5 Å². The molecule has 0 spiro atoms. The molecule has 2 N–H and O–H groups in total. The zero-order valence-electron chi connectivity index (χ0n) is 14.0. The molecule has 0 aromatic carbocycles. The van der Waals surface area contributed by atoms with Gasteiger partial charge in [0.15, 0.2) is 0 Å². The molecular formula is C17H21N7. The first-order valence-electron chi connectivity index (χ1n) is 8.08. The van der Waals surface area contributed by atoms with Crippen LogP contribution in [0.2, 0.25) is 0 Å². The summed E-state index contributed by atoms with van der Waals surface area (Å²) in [7, 11) is 1.85. The van der Waals surface area contributed by atoms with E-state index in [0.29, 0.717) is 11.7 Å². The second-order valence-electron chi connectivity index (χ2n) is 5.91. The first-order chi connectivity index (χ1) is 11.7. The highest BCUT2D eigenvalue weighted by Gasteiger charge is 2.25. The van der Waals surface area contributed by atoms with Crippen molar-refractivity contribution < 1.29 is 0 Å². The number of nitriles is 1. The minimum absolute atomic E-state index is 0.345. The van der Waals surface area contributed by atoms with E-state index in [0.717, 1.165) is 48.9 Å². The largest absolute Gasteiger partial charge is 0.373 e. The molecule has 1 aliphatic heterocycles. The van der Waals surface area contributed by atoms with E-state index in [1.54, 1.807) is 12.4 Å². The molecule has 0 aliphatic carbocycles. The second kappa shape index (κ2) is 7.13. The fourth-order valence-electron chi connectivity index (χ4n) is 3.03. The number of aromatic nitrogens is 3. The number of pyridine rings is 1. The van der Waals surface area contributed by atoms with Gasteiger partial charge in [-0.2, -0.15) is 5.26 Å². The molecule has 24 heavy (non-hydrogen) atoms. The van der Waals surface area contributed by atoms with Crippen molar-refractivity contribution in [3.8, 4) is 6.07 Å². The normalized spacial score (nSPS) is 16.7. The lowest BCUT2D eigenvalue weighted by Gasteiger charge is -2.26. The molecule has 7 nitrogen and oxygen atoms in total. The summed E-state index contributed by atoms with van der Waals surface area (Å²) in [5.74, 6) is 2.50. The van der Waals surface area contributed by atoms with Crippen molar-refractivity contribution in [2.45, 2.75) is 25.8 Å². The van der Waals surface area contributed by atoms with Crippen molar-refractivity contribution in [3.63, 3.8) is 0 Å². The molecule has 1 unspecified atom stereocenters. The van der Waals surface area contributed by atoms with Gasteiger partial charge in [-0.25, -0.2) is 15.0 Å². The van der Waals surface area contributed by atoms with E-state index in [4.69, 9.17) is 5.26 Å². The number of rotatable bonds is 5. The zero-order chi connectivity index (χ0) is 16.9. The molecule has 2 aromatic rings. The van der Waals surface area contributed by atoms with E-state index >= 15 is 0 Å². The smallest absolute Gasteiger partial charge is 0.143 e. The molecule has 0 amide bonds. The molecule has 124 valence electrons. The summed E-state index contributed by atoms with van der Waals surface area (Å²) >= 11 is 0. The van der Waals surface area contributed by atoms with E-state index in [1.165, 1.54) is 0 Å². The van der Waals surface area contributed by atoms with Crippen LogP contribution in [0.4, 0.5) is 17.5 Å². The SMILES string of the molecule is CNc1cc(N2CCCC2CNc2cc(C)cc(C#N)n2)ncn1. The molecule has 7 heteroatoms. The average Bonchev–Trinajstić information content (AvgIpc) is 3.08.